The Morgan fingerprint density at radius 1 is 0.962 bits per heavy atom. The topological polar surface area (TPSA) is 90.3 Å². The van der Waals surface area contributed by atoms with E-state index in [2.05, 4.69) is 48.4 Å². The molecule has 0 saturated heterocycles. The van der Waals surface area contributed by atoms with E-state index < -0.39 is 0 Å². The zero-order valence-electron chi connectivity index (χ0n) is 14.4. The van der Waals surface area contributed by atoms with E-state index in [1.165, 1.54) is 0 Å². The molecular formula is C19H19N7. The van der Waals surface area contributed by atoms with Crippen LogP contribution in [-0.4, -0.2) is 35.5 Å². The summed E-state index contributed by atoms with van der Waals surface area (Å²) in [6.45, 7) is 1.76. The van der Waals surface area contributed by atoms with Crippen LogP contribution in [0.15, 0.2) is 64.8 Å². The lowest BCUT2D eigenvalue weighted by Crippen LogP contribution is -2.17. The number of likely N-dealkylation sites (N-methyl/N-ethyl adjacent to an activating group) is 1. The van der Waals surface area contributed by atoms with Gasteiger partial charge in [-0.25, -0.2) is 0 Å². The quantitative estimate of drug-likeness (QED) is 0.361. The molecule has 0 amide bonds. The number of hydrogen-bond donors (Lipinski definition) is 3. The van der Waals surface area contributed by atoms with Gasteiger partial charge in [-0.15, -0.1) is 10.2 Å². The first-order valence-electron chi connectivity index (χ1n) is 8.48. The fourth-order valence-electron chi connectivity index (χ4n) is 2.85. The maximum Gasteiger partial charge on any atom is 0.115 e. The van der Waals surface area contributed by atoms with E-state index in [-0.39, 0.29) is 0 Å². The van der Waals surface area contributed by atoms with E-state index in [4.69, 9.17) is 0 Å². The van der Waals surface area contributed by atoms with Crippen LogP contribution in [0.5, 0.6) is 0 Å². The summed E-state index contributed by atoms with van der Waals surface area (Å²) >= 11 is 0. The minimum Gasteiger partial charge on any atom is -0.383 e. The average molecular weight is 345 g/mol. The number of nitrogens with zero attached hydrogens (tertiary/aromatic N) is 4. The number of aromatic amines is 1. The molecule has 1 aromatic heterocycles. The highest BCUT2D eigenvalue weighted by Crippen LogP contribution is 2.33. The normalized spacial score (nSPS) is 11.6. The van der Waals surface area contributed by atoms with Crippen LogP contribution in [0, 0.1) is 0 Å². The Kier molecular flexibility index (Phi) is 4.53. The summed E-state index contributed by atoms with van der Waals surface area (Å²) in [5, 5.41) is 28.2. The van der Waals surface area contributed by atoms with Gasteiger partial charge < -0.3 is 10.6 Å². The van der Waals surface area contributed by atoms with Gasteiger partial charge >= 0.3 is 0 Å². The summed E-state index contributed by atoms with van der Waals surface area (Å²) in [6, 6.07) is 17.9. The Balaban J connectivity index is 1.66. The second kappa shape index (κ2) is 7.28. The van der Waals surface area contributed by atoms with E-state index in [1.807, 2.05) is 49.5 Å². The van der Waals surface area contributed by atoms with Crippen molar-refractivity contribution < 1.29 is 0 Å². The van der Waals surface area contributed by atoms with Gasteiger partial charge in [-0.3, -0.25) is 5.10 Å². The molecule has 130 valence electrons. The number of aromatic nitrogens is 3. The summed E-state index contributed by atoms with van der Waals surface area (Å²) in [4.78, 5) is 0. The number of anilines is 1. The van der Waals surface area contributed by atoms with Gasteiger partial charge in [0, 0.05) is 29.5 Å². The molecule has 7 heteroatoms. The van der Waals surface area contributed by atoms with Crippen molar-refractivity contribution in [3.8, 4) is 0 Å². The molecule has 0 aliphatic heterocycles. The lowest BCUT2D eigenvalue weighted by atomic mass is 10.1. The number of rotatable bonds is 6. The smallest absolute Gasteiger partial charge is 0.115 e. The number of azo groups is 1. The van der Waals surface area contributed by atoms with E-state index in [9.17, 15) is 0 Å². The van der Waals surface area contributed by atoms with Gasteiger partial charge in [0.15, 0.2) is 0 Å². The molecule has 0 fully saturated rings. The number of benzene rings is 3. The monoisotopic (exact) mass is 345 g/mol. The van der Waals surface area contributed by atoms with Crippen molar-refractivity contribution in [1.82, 2.24) is 20.7 Å². The van der Waals surface area contributed by atoms with Crippen molar-refractivity contribution in [2.45, 2.75) is 0 Å². The van der Waals surface area contributed by atoms with E-state index in [0.29, 0.717) is 0 Å². The molecule has 0 atom stereocenters. The van der Waals surface area contributed by atoms with Crippen molar-refractivity contribution in [3.63, 3.8) is 0 Å². The molecular weight excluding hydrogens is 326 g/mol. The highest BCUT2D eigenvalue weighted by Gasteiger charge is 2.05. The Labute approximate surface area is 150 Å². The van der Waals surface area contributed by atoms with E-state index in [0.717, 1.165) is 52.0 Å². The molecule has 0 saturated carbocycles. The largest absolute Gasteiger partial charge is 0.383 e. The molecule has 4 aromatic rings. The first-order chi connectivity index (χ1) is 12.8. The third-order valence-electron chi connectivity index (χ3n) is 4.17. The van der Waals surface area contributed by atoms with Crippen LogP contribution in [0.4, 0.5) is 17.1 Å². The van der Waals surface area contributed by atoms with Gasteiger partial charge in [0.2, 0.25) is 0 Å². The lowest BCUT2D eigenvalue weighted by Gasteiger charge is -2.11. The minimum atomic E-state index is 0.742. The molecule has 0 unspecified atom stereocenters. The predicted octanol–water partition coefficient (Wildman–Crippen LogP) is 4.16. The first kappa shape index (κ1) is 16.2. The van der Waals surface area contributed by atoms with Crippen LogP contribution in [0.1, 0.15) is 0 Å². The van der Waals surface area contributed by atoms with Crippen molar-refractivity contribution in [2.24, 2.45) is 10.2 Å². The van der Waals surface area contributed by atoms with E-state index in [1.54, 1.807) is 0 Å². The Bertz CT molecular complexity index is 1070. The van der Waals surface area contributed by atoms with Gasteiger partial charge in [-0.05, 0) is 37.4 Å². The fourth-order valence-corrected chi connectivity index (χ4v) is 2.85. The van der Waals surface area contributed by atoms with Crippen LogP contribution >= 0.6 is 0 Å². The van der Waals surface area contributed by atoms with Crippen molar-refractivity contribution in [2.75, 3.05) is 25.5 Å². The maximum absolute atomic E-state index is 4.46. The molecule has 0 spiro atoms. The molecule has 3 N–H and O–H groups in total. The molecule has 7 nitrogen and oxygen atoms in total. The van der Waals surface area contributed by atoms with Gasteiger partial charge in [-0.2, -0.15) is 5.11 Å². The van der Waals surface area contributed by atoms with Gasteiger partial charge in [0.1, 0.15) is 5.52 Å². The maximum atomic E-state index is 4.46. The standard InChI is InChI=1S/C19H19N7/c1-20-10-11-21-16-8-9-17(15-5-3-2-4-14(15)16)23-22-13-6-7-18-19(12-13)25-26-24-18/h2-9,12,20-21H,10-11H2,1H3,(H,24,25,26)/b23-22+. The second-order valence-corrected chi connectivity index (χ2v) is 5.92. The summed E-state index contributed by atoms with van der Waals surface area (Å²) in [5.74, 6) is 0. The molecule has 0 bridgehead atoms. The highest BCUT2D eigenvalue weighted by molar-refractivity contribution is 6.00. The third kappa shape index (κ3) is 3.25. The fraction of sp³-hybridized carbons (Fsp3) is 0.158. The molecule has 0 aliphatic carbocycles. The number of nitrogens with one attached hydrogen (secondary N) is 3. The van der Waals surface area contributed by atoms with E-state index >= 15 is 0 Å². The lowest BCUT2D eigenvalue weighted by molar-refractivity contribution is 0.824. The van der Waals surface area contributed by atoms with Crippen LogP contribution in [0.25, 0.3) is 21.8 Å². The van der Waals surface area contributed by atoms with Gasteiger partial charge in [0.25, 0.3) is 0 Å². The highest BCUT2D eigenvalue weighted by atomic mass is 15.3. The molecule has 0 radical (unpaired) electrons. The van der Waals surface area contributed by atoms with Crippen LogP contribution in [0.2, 0.25) is 0 Å². The van der Waals surface area contributed by atoms with Gasteiger partial charge in [-0.1, -0.05) is 29.5 Å². The third-order valence-corrected chi connectivity index (χ3v) is 4.17. The Morgan fingerprint density at radius 2 is 1.85 bits per heavy atom. The van der Waals surface area contributed by atoms with Crippen molar-refractivity contribution >= 4 is 38.9 Å². The zero-order valence-corrected chi connectivity index (χ0v) is 14.4. The summed E-state index contributed by atoms with van der Waals surface area (Å²) in [7, 11) is 1.94. The van der Waals surface area contributed by atoms with Crippen LogP contribution in [0.3, 0.4) is 0 Å². The summed E-state index contributed by atoms with van der Waals surface area (Å²) < 4.78 is 0. The van der Waals surface area contributed by atoms with Crippen molar-refractivity contribution in [3.05, 3.63) is 54.6 Å². The molecule has 4 rings (SSSR count). The summed E-state index contributed by atoms with van der Waals surface area (Å²) in [5.41, 5.74) is 4.33. The van der Waals surface area contributed by atoms with Crippen molar-refractivity contribution in [1.29, 1.82) is 0 Å². The average Bonchev–Trinajstić information content (AvgIpc) is 3.15. The van der Waals surface area contributed by atoms with Gasteiger partial charge in [0.05, 0.1) is 16.9 Å². The minimum absolute atomic E-state index is 0.742. The van der Waals surface area contributed by atoms with Crippen LogP contribution < -0.4 is 10.6 Å². The molecule has 26 heavy (non-hydrogen) atoms. The summed E-state index contributed by atoms with van der Waals surface area (Å²) in [6.07, 6.45) is 0. The first-order valence-corrected chi connectivity index (χ1v) is 8.48. The Morgan fingerprint density at radius 3 is 2.73 bits per heavy atom. The molecule has 0 aliphatic rings. The second-order valence-electron chi connectivity index (χ2n) is 5.92. The molecule has 3 aromatic carbocycles. The molecule has 1 heterocycles. The number of hydrogen-bond acceptors (Lipinski definition) is 6. The number of H-pyrrole nitrogens is 1. The number of fused-ring (bicyclic) bond motifs is 2. The predicted molar refractivity (Wildman–Crippen MR) is 104 cm³/mol. The SMILES string of the molecule is CNCCNc1ccc(/N=N/c2ccc3[nH]nnc3c2)c2ccccc12. The van der Waals surface area contributed by atoms with Crippen LogP contribution in [-0.2, 0) is 0 Å². The zero-order chi connectivity index (χ0) is 17.8. The Hall–Kier alpha value is -3.32.